The van der Waals surface area contributed by atoms with Crippen LogP contribution in [0.5, 0.6) is 0 Å². The van der Waals surface area contributed by atoms with E-state index >= 15 is 0 Å². The van der Waals surface area contributed by atoms with Gasteiger partial charge in [-0.3, -0.25) is 9.59 Å². The minimum atomic E-state index is -1.70. The highest BCUT2D eigenvalue weighted by atomic mass is 79.9. The van der Waals surface area contributed by atoms with Gasteiger partial charge in [-0.1, -0.05) is 53.3 Å². The SMILES string of the molecule is C.C#C[C@]1(O)CCN(C)C1=O.CCOC(=O)c1nn(-c2cccc(Br)c2)c2c1CN(C(=O)OC(C)(C)C)CC2.CCOC(=O)c1nn(-c2cccc(C#C[C@]3(O)CCN(C)C3=O)c2)c2c1CN(C(=O)OC(C)(C)C)CC2. The molecule has 8 rings (SSSR count). The van der Waals surface area contributed by atoms with E-state index < -0.39 is 52.4 Å². The van der Waals surface area contributed by atoms with Crippen LogP contribution in [0, 0.1) is 24.2 Å². The summed E-state index contributed by atoms with van der Waals surface area (Å²) in [4.78, 5) is 79.7. The molecule has 0 bridgehead atoms. The Bertz CT molecular complexity index is 2950. The number of terminal acetylenes is 1. The Balaban J connectivity index is 0.000000240. The number of hydrogen-bond acceptors (Lipinski definition) is 14. The first-order chi connectivity index (χ1) is 35.2. The molecule has 0 saturated carbocycles. The summed E-state index contributed by atoms with van der Waals surface area (Å²) in [6.07, 6.45) is 5.73. The molecule has 4 amide bonds. The first-order valence-corrected chi connectivity index (χ1v) is 25.4. The van der Waals surface area contributed by atoms with Crippen molar-refractivity contribution in [1.82, 2.24) is 39.2 Å². The van der Waals surface area contributed by atoms with Crippen LogP contribution in [0.25, 0.3) is 11.4 Å². The third-order valence-electron chi connectivity index (χ3n) is 12.2. The second-order valence-electron chi connectivity index (χ2n) is 20.2. The summed E-state index contributed by atoms with van der Waals surface area (Å²) < 4.78 is 25.8. The fourth-order valence-corrected chi connectivity index (χ4v) is 8.80. The van der Waals surface area contributed by atoms with Gasteiger partial charge in [-0.2, -0.15) is 10.2 Å². The maximum atomic E-state index is 12.8. The molecule has 0 radical (unpaired) electrons. The molecule has 408 valence electrons. The largest absolute Gasteiger partial charge is 0.461 e. The zero-order valence-corrected chi connectivity index (χ0v) is 45.7. The van der Waals surface area contributed by atoms with E-state index in [1.165, 1.54) is 9.80 Å². The fraction of sp³-hybridized carbons (Fsp3) is 0.491. The Kier molecular flexibility index (Phi) is 19.0. The maximum absolute atomic E-state index is 12.8. The number of nitrogens with zero attached hydrogens (tertiary/aromatic N) is 8. The van der Waals surface area contributed by atoms with Gasteiger partial charge in [0, 0.05) is 87.1 Å². The number of aromatic nitrogens is 4. The number of likely N-dealkylation sites (tertiary alicyclic amines) is 2. The lowest BCUT2D eigenvalue weighted by atomic mass is 10.0. The third-order valence-corrected chi connectivity index (χ3v) is 12.7. The summed E-state index contributed by atoms with van der Waals surface area (Å²) in [5.74, 6) is 5.89. The van der Waals surface area contributed by atoms with Crippen molar-refractivity contribution in [1.29, 1.82) is 0 Å². The van der Waals surface area contributed by atoms with Gasteiger partial charge in [-0.05, 0) is 91.8 Å². The first-order valence-electron chi connectivity index (χ1n) is 24.6. The molecule has 2 fully saturated rings. The monoisotopic (exact) mass is 1110 g/mol. The minimum absolute atomic E-state index is 0. The second-order valence-corrected chi connectivity index (χ2v) is 21.1. The fourth-order valence-electron chi connectivity index (χ4n) is 8.41. The van der Waals surface area contributed by atoms with Crippen LogP contribution in [0.3, 0.4) is 0 Å². The molecular weight excluding hydrogens is 1040 g/mol. The van der Waals surface area contributed by atoms with Gasteiger partial charge in [0.1, 0.15) is 11.2 Å². The van der Waals surface area contributed by atoms with Crippen LogP contribution >= 0.6 is 15.9 Å². The van der Waals surface area contributed by atoms with E-state index in [1.54, 1.807) is 86.1 Å². The molecule has 6 heterocycles. The molecule has 20 nitrogen and oxygen atoms in total. The van der Waals surface area contributed by atoms with Gasteiger partial charge in [0.05, 0.1) is 49.1 Å². The summed E-state index contributed by atoms with van der Waals surface area (Å²) >= 11 is 3.47. The summed E-state index contributed by atoms with van der Waals surface area (Å²) in [6.45, 7) is 17.1. The zero-order chi connectivity index (χ0) is 55.2. The summed E-state index contributed by atoms with van der Waals surface area (Å²) in [5.41, 5.74) is 1.05. The van der Waals surface area contributed by atoms with E-state index in [-0.39, 0.29) is 57.4 Å². The Morgan fingerprint density at radius 3 is 1.51 bits per heavy atom. The van der Waals surface area contributed by atoms with E-state index in [2.05, 4.69) is 43.9 Å². The Labute approximate surface area is 452 Å². The lowest BCUT2D eigenvalue weighted by molar-refractivity contribution is -0.138. The van der Waals surface area contributed by atoms with Crippen molar-refractivity contribution in [3.8, 4) is 35.6 Å². The summed E-state index contributed by atoms with van der Waals surface area (Å²) in [6, 6.07) is 14.9. The van der Waals surface area contributed by atoms with E-state index in [1.807, 2.05) is 51.1 Å². The Morgan fingerprint density at radius 2 is 1.13 bits per heavy atom. The standard InChI is InChI=1S/C27H32N4O6.C20H24BrN3O4.C7H9NO2.CH4/c1-6-36-23(32)22-20-17-30(25(34)37-26(2,3)4)14-11-21(20)31(28-22)19-9-7-8-18(16-19)10-12-27(35)13-15-29(5)24(27)33;1-5-27-18(25)17-15-12-23(19(26)28-20(2,3)4)10-9-16(15)24(22-17)14-8-6-7-13(21)11-14;1-3-7(10)4-5-8(2)6(7)9;/h7-9,16,35H,6,11,13-15,17H2,1-5H3;6-8,11H,5,9-10,12H2,1-4H3;1,10H,4-5H2,2H3;1H4/t27-;;7-;/m0.0./s1. The molecule has 21 heteroatoms. The average molecular weight is 1110 g/mol. The van der Waals surface area contributed by atoms with Crippen molar-refractivity contribution >= 4 is 51.9 Å². The van der Waals surface area contributed by atoms with Crippen molar-refractivity contribution in [3.63, 3.8) is 0 Å². The number of aliphatic hydroxyl groups is 2. The number of rotatable bonds is 6. The van der Waals surface area contributed by atoms with E-state index in [0.717, 1.165) is 21.5 Å². The predicted octanol–water partition coefficient (Wildman–Crippen LogP) is 6.24. The van der Waals surface area contributed by atoms with Gasteiger partial charge in [-0.15, -0.1) is 6.42 Å². The molecule has 2 saturated heterocycles. The highest BCUT2D eigenvalue weighted by molar-refractivity contribution is 9.10. The number of esters is 2. The highest BCUT2D eigenvalue weighted by Gasteiger charge is 2.43. The van der Waals surface area contributed by atoms with Gasteiger partial charge in [0.25, 0.3) is 11.8 Å². The van der Waals surface area contributed by atoms with Crippen molar-refractivity contribution in [2.45, 2.75) is 124 Å². The molecule has 2 N–H and O–H groups in total. The summed E-state index contributed by atoms with van der Waals surface area (Å²) in [7, 11) is 3.26. The number of likely N-dealkylation sites (N-methyl/N-ethyl adjacent to an activating group) is 2. The smallest absolute Gasteiger partial charge is 0.410 e. The lowest BCUT2D eigenvalue weighted by Gasteiger charge is -2.30. The van der Waals surface area contributed by atoms with Crippen LogP contribution < -0.4 is 0 Å². The van der Waals surface area contributed by atoms with E-state index in [4.69, 9.17) is 25.4 Å². The minimum Gasteiger partial charge on any atom is -0.461 e. The van der Waals surface area contributed by atoms with Crippen LogP contribution in [0.15, 0.2) is 53.0 Å². The zero-order valence-electron chi connectivity index (χ0n) is 44.1. The maximum Gasteiger partial charge on any atom is 0.410 e. The molecule has 0 unspecified atom stereocenters. The number of halogens is 1. The molecule has 4 aromatic rings. The number of carbonyl (C=O) groups is 6. The van der Waals surface area contributed by atoms with Crippen LogP contribution in [0.1, 0.15) is 125 Å². The second kappa shape index (κ2) is 24.2. The Hall–Kier alpha value is -7.20. The van der Waals surface area contributed by atoms with Crippen LogP contribution in [-0.2, 0) is 54.5 Å². The molecule has 4 aliphatic heterocycles. The van der Waals surface area contributed by atoms with Crippen molar-refractivity contribution in [2.75, 3.05) is 53.5 Å². The normalized spacial score (nSPS) is 18.7. The topological polar surface area (TPSA) is 228 Å². The van der Waals surface area contributed by atoms with Gasteiger partial charge >= 0.3 is 24.1 Å². The van der Waals surface area contributed by atoms with Gasteiger partial charge in [-0.25, -0.2) is 28.5 Å². The number of hydrogen-bond donors (Lipinski definition) is 2. The molecule has 2 aromatic carbocycles. The molecular formula is C55H69BrN8O12. The molecule has 2 atom stereocenters. The molecule has 2 aromatic heterocycles. The summed E-state index contributed by atoms with van der Waals surface area (Å²) in [5, 5.41) is 29.0. The first kappa shape index (κ1) is 59.7. The van der Waals surface area contributed by atoms with E-state index in [0.29, 0.717) is 67.8 Å². The number of benzene rings is 2. The van der Waals surface area contributed by atoms with Crippen LogP contribution in [0.4, 0.5) is 9.59 Å². The third kappa shape index (κ3) is 14.0. The molecule has 0 spiro atoms. The quantitative estimate of drug-likeness (QED) is 0.124. The average Bonchev–Trinajstić information content (AvgIpc) is 4.08. The molecule has 76 heavy (non-hydrogen) atoms. The van der Waals surface area contributed by atoms with E-state index in [9.17, 15) is 39.0 Å². The predicted molar refractivity (Wildman–Crippen MR) is 284 cm³/mol. The number of fused-ring (bicyclic) bond motifs is 2. The Morgan fingerprint density at radius 1 is 0.697 bits per heavy atom. The van der Waals surface area contributed by atoms with Crippen LogP contribution in [0.2, 0.25) is 0 Å². The highest BCUT2D eigenvalue weighted by Crippen LogP contribution is 2.30. The molecule has 4 aliphatic rings. The van der Waals surface area contributed by atoms with Crippen LogP contribution in [-0.4, -0.2) is 161 Å². The van der Waals surface area contributed by atoms with Crippen molar-refractivity contribution in [3.05, 3.63) is 92.5 Å². The number of carbonyl (C=O) groups excluding carboxylic acids is 6. The van der Waals surface area contributed by atoms with Gasteiger partial charge in [0.2, 0.25) is 11.2 Å². The molecule has 0 aliphatic carbocycles. The van der Waals surface area contributed by atoms with Gasteiger partial charge < -0.3 is 48.8 Å². The lowest BCUT2D eigenvalue weighted by Crippen LogP contribution is -2.40. The number of ether oxygens (including phenoxy) is 4. The van der Waals surface area contributed by atoms with Crippen molar-refractivity contribution < 1.29 is 57.9 Å². The number of amides is 4. The van der Waals surface area contributed by atoms with Gasteiger partial charge in [0.15, 0.2) is 11.4 Å². The van der Waals surface area contributed by atoms with Crippen molar-refractivity contribution in [2.24, 2.45) is 0 Å².